The van der Waals surface area contributed by atoms with Gasteiger partial charge >= 0.3 is 36.6 Å². The van der Waals surface area contributed by atoms with E-state index in [9.17, 15) is 89.7 Å². The number of aliphatic hydroxyl groups is 11. The first-order chi connectivity index (χ1) is 56.4. The normalized spacial score (nSPS) is 24.8. The molecule has 8 amide bonds. The van der Waals surface area contributed by atoms with Crippen molar-refractivity contribution in [1.29, 1.82) is 0 Å². The fraction of sp³-hybridized carbons (Fsp3) is 0.436. The number of benzene rings is 6. The van der Waals surface area contributed by atoms with E-state index in [-0.39, 0.29) is 19.8 Å². The zero-order chi connectivity index (χ0) is 83.2. The van der Waals surface area contributed by atoms with Gasteiger partial charge in [0.2, 0.25) is 30.5 Å². The topological polar surface area (TPSA) is 580 Å². The van der Waals surface area contributed by atoms with Crippen LogP contribution in [0.4, 0.5) is 28.8 Å². The SMILES string of the molecule is NC(=O)CNC(=O)C(CNC(=O)OC(CO[C@H]1O[C@H](CO)[C@@H](O)[C@H](O)[C@@H]1O)NC(=O)OCC1c2ccccc2-c2ccccc21)(CNC(=O)OC(CO[C@@H]1O[C@H](CO)[C@H](O)[C@H](O)[C@H]1O)NC(=O)OCC1c2ccccc2-c2ccccc21)CNC(=O)OC(CO[C@@H]1O[C@H](CO)[C@@H](O)[C@H]1O)NC(=O)OCC1c2ccccc2-c2ccccc21. The number of hydrogen-bond acceptors (Lipinski definition) is 31. The Bertz CT molecular complexity index is 4180. The predicted molar refractivity (Wildman–Crippen MR) is 397 cm³/mol. The molecule has 628 valence electrons. The zero-order valence-corrected chi connectivity index (χ0v) is 62.3. The summed E-state index contributed by atoms with van der Waals surface area (Å²) in [6.07, 6.45) is -39.7. The Morgan fingerprint density at radius 2 is 0.598 bits per heavy atom. The predicted octanol–water partition coefficient (Wildman–Crippen LogP) is -1.56. The maximum absolute atomic E-state index is 15.1. The first kappa shape index (κ1) is 85.6. The molecule has 39 nitrogen and oxygen atoms in total. The Labute approximate surface area is 666 Å². The highest BCUT2D eigenvalue weighted by molar-refractivity contribution is 5.89. The second-order valence-electron chi connectivity index (χ2n) is 28.2. The monoisotopic (exact) mass is 1630 g/mol. The third-order valence-corrected chi connectivity index (χ3v) is 20.7. The highest BCUT2D eigenvalue weighted by atomic mass is 16.7. The third-order valence-electron chi connectivity index (χ3n) is 20.7. The number of carbonyl (C=O) groups is 8. The summed E-state index contributed by atoms with van der Waals surface area (Å²) in [5.41, 5.74) is 12.9. The number of primary amides is 1. The molecule has 20 N–H and O–H groups in total. The summed E-state index contributed by atoms with van der Waals surface area (Å²) in [6, 6.07) is 44.2. The molecule has 0 spiro atoms. The second-order valence-corrected chi connectivity index (χ2v) is 28.2. The van der Waals surface area contributed by atoms with Gasteiger partial charge in [0.15, 0.2) is 18.9 Å². The Balaban J connectivity index is 0.811. The van der Waals surface area contributed by atoms with E-state index in [1.54, 1.807) is 36.4 Å². The van der Waals surface area contributed by atoms with E-state index in [1.807, 2.05) is 109 Å². The zero-order valence-electron chi connectivity index (χ0n) is 62.3. The molecule has 3 aliphatic heterocycles. The Morgan fingerprint density at radius 1 is 0.350 bits per heavy atom. The van der Waals surface area contributed by atoms with E-state index < -0.39 is 242 Å². The van der Waals surface area contributed by atoms with Crippen LogP contribution in [0.3, 0.4) is 0 Å². The molecule has 3 fully saturated rings. The number of alkyl carbamates (subject to hydrolysis) is 6. The molecular weight excluding hydrogens is 1540 g/mol. The molecule has 0 aromatic heterocycles. The van der Waals surface area contributed by atoms with Crippen LogP contribution in [0.2, 0.25) is 0 Å². The van der Waals surface area contributed by atoms with Crippen molar-refractivity contribution in [1.82, 2.24) is 37.2 Å². The van der Waals surface area contributed by atoms with E-state index >= 15 is 4.79 Å². The number of ether oxygens (including phenoxy) is 12. The first-order valence-electron chi connectivity index (χ1n) is 37.2. The average molecular weight is 1640 g/mol. The van der Waals surface area contributed by atoms with Gasteiger partial charge in [-0.2, -0.15) is 0 Å². The fourth-order valence-corrected chi connectivity index (χ4v) is 14.6. The summed E-state index contributed by atoms with van der Waals surface area (Å²) < 4.78 is 67.5. The lowest BCUT2D eigenvalue weighted by Gasteiger charge is -2.39. The molecule has 3 aliphatic carbocycles. The molecular formula is C78H90N8O31. The lowest BCUT2D eigenvalue weighted by atomic mass is 9.86. The highest BCUT2D eigenvalue weighted by Crippen LogP contribution is 2.47. The lowest BCUT2D eigenvalue weighted by molar-refractivity contribution is -0.304. The minimum Gasteiger partial charge on any atom is -0.448 e. The maximum atomic E-state index is 15.1. The average Bonchev–Trinajstić information content (AvgIpc) is 1.65. The van der Waals surface area contributed by atoms with E-state index in [0.29, 0.717) is 0 Å². The molecule has 3 heterocycles. The van der Waals surface area contributed by atoms with Crippen LogP contribution in [0.5, 0.6) is 0 Å². The van der Waals surface area contributed by atoms with Crippen LogP contribution >= 0.6 is 0 Å². The van der Waals surface area contributed by atoms with Crippen molar-refractivity contribution in [2.24, 2.45) is 11.1 Å². The molecule has 117 heavy (non-hydrogen) atoms. The minimum absolute atomic E-state index is 0.281. The van der Waals surface area contributed by atoms with E-state index in [2.05, 4.69) is 37.2 Å². The van der Waals surface area contributed by atoms with E-state index in [1.165, 1.54) is 0 Å². The summed E-state index contributed by atoms with van der Waals surface area (Å²) >= 11 is 0. The smallest absolute Gasteiger partial charge is 0.410 e. The van der Waals surface area contributed by atoms with E-state index in [4.69, 9.17) is 62.6 Å². The van der Waals surface area contributed by atoms with Gasteiger partial charge in [-0.1, -0.05) is 146 Å². The molecule has 6 aromatic carbocycles. The minimum atomic E-state index is -2.64. The summed E-state index contributed by atoms with van der Waals surface area (Å²) in [5.74, 6) is -4.05. The van der Waals surface area contributed by atoms with Gasteiger partial charge in [-0.3, -0.25) is 25.5 Å². The number of nitrogens with one attached hydrogen (secondary N) is 7. The molecule has 3 saturated heterocycles. The Kier molecular flexibility index (Phi) is 28.5. The number of nitrogens with two attached hydrogens (primary N) is 1. The van der Waals surface area contributed by atoms with Crippen molar-refractivity contribution < 1.29 is 151 Å². The number of rotatable bonds is 33. The van der Waals surface area contributed by atoms with Gasteiger partial charge in [0.1, 0.15) is 112 Å². The van der Waals surface area contributed by atoms with Crippen LogP contribution in [-0.2, 0) is 66.4 Å². The van der Waals surface area contributed by atoms with Gasteiger partial charge in [-0.25, -0.2) is 28.8 Å². The van der Waals surface area contributed by atoms with Gasteiger partial charge in [0.05, 0.1) is 26.4 Å². The van der Waals surface area contributed by atoms with Crippen molar-refractivity contribution in [3.63, 3.8) is 0 Å². The molecule has 12 rings (SSSR count). The molecule has 18 atom stereocenters. The molecule has 39 heteroatoms. The van der Waals surface area contributed by atoms with Gasteiger partial charge < -0.3 is 140 Å². The largest absolute Gasteiger partial charge is 0.448 e. The quantitative estimate of drug-likeness (QED) is 0.0164. The van der Waals surface area contributed by atoms with Gasteiger partial charge in [-0.15, -0.1) is 0 Å². The van der Waals surface area contributed by atoms with Crippen molar-refractivity contribution in [2.75, 3.05) is 85.6 Å². The van der Waals surface area contributed by atoms with Crippen molar-refractivity contribution in [3.05, 3.63) is 179 Å². The van der Waals surface area contributed by atoms with Crippen molar-refractivity contribution in [3.8, 4) is 33.4 Å². The summed E-state index contributed by atoms with van der Waals surface area (Å²) in [5, 5.41) is 131. The van der Waals surface area contributed by atoms with Crippen LogP contribution in [0.25, 0.3) is 33.4 Å². The van der Waals surface area contributed by atoms with Crippen molar-refractivity contribution in [2.45, 2.75) is 122 Å². The maximum Gasteiger partial charge on any atom is 0.410 e. The molecule has 4 unspecified atom stereocenters. The third kappa shape index (κ3) is 20.1. The molecule has 0 bridgehead atoms. The second kappa shape index (κ2) is 39.0. The lowest BCUT2D eigenvalue weighted by Crippen LogP contribution is -2.61. The Hall–Kier alpha value is -10.8. The van der Waals surface area contributed by atoms with Crippen LogP contribution in [0.15, 0.2) is 146 Å². The fourth-order valence-electron chi connectivity index (χ4n) is 14.6. The molecule has 0 saturated carbocycles. The number of carbonyl (C=O) groups excluding carboxylic acids is 8. The van der Waals surface area contributed by atoms with Crippen molar-refractivity contribution >= 4 is 48.4 Å². The molecule has 6 aromatic rings. The number of amides is 8. The summed E-state index contributed by atoms with van der Waals surface area (Å²) in [7, 11) is 0. The van der Waals surface area contributed by atoms with E-state index in [0.717, 1.165) is 66.8 Å². The van der Waals surface area contributed by atoms with Gasteiger partial charge in [-0.05, 0) is 66.8 Å². The van der Waals surface area contributed by atoms with Crippen LogP contribution in [0.1, 0.15) is 51.1 Å². The van der Waals surface area contributed by atoms with Crippen LogP contribution in [-0.4, -0.2) is 295 Å². The molecule has 0 radical (unpaired) electrons. The number of fused-ring (bicyclic) bond motifs is 9. The standard InChI is InChI=1S/C78H90N8O31/c79-56(90)25-80-71(99)78(35-81-72(100)115-57(32-106-68-65(96)62(93)55(28-89)114-68)84-75(103)109-29-50-44-19-7-1-13-38(44)39-14-2-8-20-45(39)50,36-82-73(101)116-58(33-107-69-66(97)63(94)60(91)53(26-87)112-69)85-76(104)110-30-51-46-21-9-3-15-40(46)41-16-4-10-22-47(41)51)37-83-74(102)117-59(34-108-70-67(98)64(95)61(92)54(27-88)113-70)86-77(105)111-31-52-48-23-11-5-17-42(48)43-18-6-12-24-49(43)52/h1-24,50-55,57-70,87-89,91-98H,25-37H2,(H2,79,90)(H,80,99)(H,81,100)(H,82,101)(H,83,102)(H,84,103)(H,85,104)(H,86,105)/t53-,54-,55-,57?,58?,59?,60-,61+,62-,63+,64+,65-,66+,67-,68-,69+,70-,78?/m1/s1. The van der Waals surface area contributed by atoms with Gasteiger partial charge in [0, 0.05) is 37.4 Å². The van der Waals surface area contributed by atoms with Crippen LogP contribution in [0, 0.1) is 5.41 Å². The summed E-state index contributed by atoms with van der Waals surface area (Å²) in [4.78, 5) is 113. The van der Waals surface area contributed by atoms with Gasteiger partial charge in [0.25, 0.3) is 0 Å². The summed E-state index contributed by atoms with van der Waals surface area (Å²) in [6.45, 7) is -10.9. The highest BCUT2D eigenvalue weighted by Gasteiger charge is 2.49. The Morgan fingerprint density at radius 3 is 0.855 bits per heavy atom. The number of aliphatic hydroxyl groups excluding tert-OH is 11. The van der Waals surface area contributed by atoms with Crippen LogP contribution < -0.4 is 43.0 Å². The first-order valence-corrected chi connectivity index (χ1v) is 37.2. The molecule has 6 aliphatic rings. The number of hydrogen-bond donors (Lipinski definition) is 19.